The molecule has 0 spiro atoms. The first-order valence-electron chi connectivity index (χ1n) is 11.7. The van der Waals surface area contributed by atoms with Crippen LogP contribution in [0.5, 0.6) is 5.75 Å². The molecule has 6 nitrogen and oxygen atoms in total. The Morgan fingerprint density at radius 2 is 1.69 bits per heavy atom. The van der Waals surface area contributed by atoms with Gasteiger partial charge in [0.05, 0.1) is 17.1 Å². The molecule has 2 heterocycles. The van der Waals surface area contributed by atoms with Crippen LogP contribution in [0.25, 0.3) is 28.0 Å². The second kappa shape index (κ2) is 9.88. The molecule has 0 atom stereocenters. The summed E-state index contributed by atoms with van der Waals surface area (Å²) in [6.07, 6.45) is 3.45. The molecule has 0 aliphatic carbocycles. The third kappa shape index (κ3) is 4.36. The Bertz CT molecular complexity index is 1630. The number of aryl methyl sites for hydroxylation is 1. The molecule has 0 amide bonds. The minimum absolute atomic E-state index is 0.209. The molecule has 0 aliphatic heterocycles. The zero-order valence-electron chi connectivity index (χ0n) is 20.3. The van der Waals surface area contributed by atoms with Crippen LogP contribution in [0.2, 0.25) is 0 Å². The predicted molar refractivity (Wildman–Crippen MR) is 145 cm³/mol. The zero-order valence-corrected chi connectivity index (χ0v) is 20.3. The highest BCUT2D eigenvalue weighted by molar-refractivity contribution is 5.83. The van der Waals surface area contributed by atoms with Gasteiger partial charge in [-0.2, -0.15) is 9.78 Å². The standard InChI is InChI=1S/C30H26N4O2/c1-4-18-36-26-16-14-25(15-17-26)33-21(2)19-24(22(33)3)20-31-34-29(23-10-6-5-7-11-23)32-28-13-9-8-12-27(28)30(34)35/h4-17,19-20H,1,18H2,2-3H3. The molecule has 0 fully saturated rings. The van der Waals surface area contributed by atoms with Crippen molar-refractivity contribution in [2.24, 2.45) is 5.10 Å². The van der Waals surface area contributed by atoms with E-state index in [-0.39, 0.29) is 5.56 Å². The van der Waals surface area contributed by atoms with Gasteiger partial charge in [-0.25, -0.2) is 4.98 Å². The molecule has 5 rings (SSSR count). The van der Waals surface area contributed by atoms with Crippen LogP contribution in [-0.4, -0.2) is 27.0 Å². The second-order valence-electron chi connectivity index (χ2n) is 8.44. The maximum Gasteiger partial charge on any atom is 0.282 e. The van der Waals surface area contributed by atoms with Crippen LogP contribution in [-0.2, 0) is 0 Å². The van der Waals surface area contributed by atoms with Crippen molar-refractivity contribution in [3.05, 3.63) is 125 Å². The lowest BCUT2D eigenvalue weighted by Gasteiger charge is -2.11. The summed E-state index contributed by atoms with van der Waals surface area (Å²) in [5.41, 5.74) is 5.26. The van der Waals surface area contributed by atoms with E-state index in [1.165, 1.54) is 4.68 Å². The summed E-state index contributed by atoms with van der Waals surface area (Å²) in [5, 5.41) is 5.16. The monoisotopic (exact) mass is 474 g/mol. The van der Waals surface area contributed by atoms with E-state index >= 15 is 0 Å². The van der Waals surface area contributed by atoms with Crippen molar-refractivity contribution in [1.29, 1.82) is 0 Å². The van der Waals surface area contributed by atoms with Gasteiger partial charge in [0.25, 0.3) is 5.56 Å². The zero-order chi connectivity index (χ0) is 25.1. The Morgan fingerprint density at radius 3 is 2.44 bits per heavy atom. The van der Waals surface area contributed by atoms with Gasteiger partial charge in [0.1, 0.15) is 12.4 Å². The van der Waals surface area contributed by atoms with E-state index in [0.717, 1.165) is 34.0 Å². The molecule has 0 radical (unpaired) electrons. The highest BCUT2D eigenvalue weighted by Crippen LogP contribution is 2.23. The number of hydrogen-bond donors (Lipinski definition) is 0. The molecule has 0 unspecified atom stereocenters. The second-order valence-corrected chi connectivity index (χ2v) is 8.44. The summed E-state index contributed by atoms with van der Waals surface area (Å²) >= 11 is 0. The summed E-state index contributed by atoms with van der Waals surface area (Å²) in [6.45, 7) is 8.24. The first-order chi connectivity index (χ1) is 17.6. The van der Waals surface area contributed by atoms with Crippen molar-refractivity contribution in [3.8, 4) is 22.8 Å². The van der Waals surface area contributed by atoms with Crippen LogP contribution in [0.4, 0.5) is 0 Å². The molecule has 178 valence electrons. The molecule has 2 aromatic heterocycles. The normalized spacial score (nSPS) is 11.3. The number of nitrogens with zero attached hydrogens (tertiary/aromatic N) is 4. The van der Waals surface area contributed by atoms with Crippen molar-refractivity contribution in [2.75, 3.05) is 6.61 Å². The van der Waals surface area contributed by atoms with E-state index in [0.29, 0.717) is 23.3 Å². The van der Waals surface area contributed by atoms with E-state index in [1.807, 2.05) is 86.6 Å². The van der Waals surface area contributed by atoms with Crippen molar-refractivity contribution in [1.82, 2.24) is 14.2 Å². The number of fused-ring (bicyclic) bond motifs is 1. The average Bonchev–Trinajstić information content (AvgIpc) is 3.20. The maximum atomic E-state index is 13.4. The van der Waals surface area contributed by atoms with Crippen molar-refractivity contribution >= 4 is 17.1 Å². The number of rotatable bonds is 7. The van der Waals surface area contributed by atoms with E-state index in [2.05, 4.69) is 22.3 Å². The number of para-hydroxylation sites is 1. The molecule has 0 bridgehead atoms. The molecule has 0 aliphatic rings. The van der Waals surface area contributed by atoms with Crippen LogP contribution in [0.3, 0.4) is 0 Å². The van der Waals surface area contributed by atoms with Gasteiger partial charge in [-0.05, 0) is 56.3 Å². The SMILES string of the molecule is C=CCOc1ccc(-n2c(C)cc(C=Nn3c(-c4ccccc4)nc4ccccc4c3=O)c2C)cc1. The maximum absolute atomic E-state index is 13.4. The Balaban J connectivity index is 1.56. The molecule has 36 heavy (non-hydrogen) atoms. The third-order valence-electron chi connectivity index (χ3n) is 6.03. The third-order valence-corrected chi connectivity index (χ3v) is 6.03. The van der Waals surface area contributed by atoms with Crippen LogP contribution in [0.1, 0.15) is 17.0 Å². The van der Waals surface area contributed by atoms with Crippen LogP contribution in [0, 0.1) is 13.8 Å². The van der Waals surface area contributed by atoms with Gasteiger partial charge in [0, 0.05) is 28.2 Å². The number of benzene rings is 3. The average molecular weight is 475 g/mol. The molecular weight excluding hydrogens is 448 g/mol. The van der Waals surface area contributed by atoms with E-state index in [9.17, 15) is 4.79 Å². The van der Waals surface area contributed by atoms with Crippen LogP contribution < -0.4 is 10.3 Å². The van der Waals surface area contributed by atoms with Gasteiger partial charge in [0.2, 0.25) is 0 Å². The van der Waals surface area contributed by atoms with Gasteiger partial charge < -0.3 is 9.30 Å². The summed E-state index contributed by atoms with van der Waals surface area (Å²) < 4.78 is 9.14. The van der Waals surface area contributed by atoms with Crippen molar-refractivity contribution in [2.45, 2.75) is 13.8 Å². The highest BCUT2D eigenvalue weighted by atomic mass is 16.5. The van der Waals surface area contributed by atoms with Gasteiger partial charge in [0.15, 0.2) is 5.82 Å². The minimum Gasteiger partial charge on any atom is -0.490 e. The fraction of sp³-hybridized carbons (Fsp3) is 0.100. The van der Waals surface area contributed by atoms with Gasteiger partial charge in [-0.1, -0.05) is 55.1 Å². The first-order valence-corrected chi connectivity index (χ1v) is 11.7. The molecule has 3 aromatic carbocycles. The van der Waals surface area contributed by atoms with Crippen molar-refractivity contribution < 1.29 is 4.74 Å². The van der Waals surface area contributed by atoms with E-state index < -0.39 is 0 Å². The van der Waals surface area contributed by atoms with E-state index in [4.69, 9.17) is 9.72 Å². The molecular formula is C30H26N4O2. The Kier molecular flexibility index (Phi) is 6.33. The van der Waals surface area contributed by atoms with Crippen LogP contribution >= 0.6 is 0 Å². The van der Waals surface area contributed by atoms with Gasteiger partial charge in [-0.15, -0.1) is 0 Å². The molecule has 0 saturated carbocycles. The molecule has 0 N–H and O–H groups in total. The Hall–Kier alpha value is -4.71. The molecule has 0 saturated heterocycles. The highest BCUT2D eigenvalue weighted by Gasteiger charge is 2.13. The van der Waals surface area contributed by atoms with Gasteiger partial charge >= 0.3 is 0 Å². The van der Waals surface area contributed by atoms with Gasteiger partial charge in [-0.3, -0.25) is 4.79 Å². The Labute approximate surface area is 209 Å². The molecule has 6 heteroatoms. The smallest absolute Gasteiger partial charge is 0.282 e. The van der Waals surface area contributed by atoms with Crippen LogP contribution in [0.15, 0.2) is 107 Å². The van der Waals surface area contributed by atoms with E-state index in [1.54, 1.807) is 18.4 Å². The summed E-state index contributed by atoms with van der Waals surface area (Å²) in [7, 11) is 0. The largest absolute Gasteiger partial charge is 0.490 e. The lowest BCUT2D eigenvalue weighted by atomic mass is 10.2. The van der Waals surface area contributed by atoms with Crippen molar-refractivity contribution in [3.63, 3.8) is 0 Å². The lowest BCUT2D eigenvalue weighted by molar-refractivity contribution is 0.363. The predicted octanol–water partition coefficient (Wildman–Crippen LogP) is 5.92. The summed E-state index contributed by atoms with van der Waals surface area (Å²) in [6, 6.07) is 27.0. The fourth-order valence-corrected chi connectivity index (χ4v) is 4.29. The minimum atomic E-state index is -0.209. The lowest BCUT2D eigenvalue weighted by Crippen LogP contribution is -2.20. The number of hydrogen-bond acceptors (Lipinski definition) is 4. The molecule has 5 aromatic rings. The Morgan fingerprint density at radius 1 is 0.972 bits per heavy atom. The fourth-order valence-electron chi connectivity index (χ4n) is 4.29. The topological polar surface area (TPSA) is 61.4 Å². The number of aromatic nitrogens is 3. The quantitative estimate of drug-likeness (QED) is 0.217. The first kappa shape index (κ1) is 23.1. The number of ether oxygens (including phenoxy) is 1. The summed E-state index contributed by atoms with van der Waals surface area (Å²) in [4.78, 5) is 18.2. The summed E-state index contributed by atoms with van der Waals surface area (Å²) in [5.74, 6) is 1.29.